The zero-order valence-corrected chi connectivity index (χ0v) is 77.1. The number of benzene rings is 3. The van der Waals surface area contributed by atoms with Gasteiger partial charge in [-0.1, -0.05) is 91.0 Å². The summed E-state index contributed by atoms with van der Waals surface area (Å²) in [6, 6.07) is 16.0. The number of fused-ring (bicyclic) bond motifs is 1. The molecule has 5 aliphatic heterocycles. The first-order chi connectivity index (χ1) is 62.6. The van der Waals surface area contributed by atoms with Crippen LogP contribution in [0.4, 0.5) is 41.9 Å². The van der Waals surface area contributed by atoms with E-state index in [1.54, 1.807) is 116 Å². The molecule has 11 N–H and O–H groups in total. The van der Waals surface area contributed by atoms with Gasteiger partial charge in [-0.3, -0.25) is 34.1 Å². The van der Waals surface area contributed by atoms with Gasteiger partial charge in [0.15, 0.2) is 0 Å². The predicted octanol–water partition coefficient (Wildman–Crippen LogP) is 4.92. The van der Waals surface area contributed by atoms with E-state index in [9.17, 15) is 99.8 Å². The molecule has 5 aliphatic rings. The number of aliphatic carboxylic acids is 1. The quantitative estimate of drug-likeness (QED) is 0.0375. The lowest BCUT2D eigenvalue weighted by molar-refractivity contribution is -0.175. The summed E-state index contributed by atoms with van der Waals surface area (Å²) in [7, 11) is 7.43. The highest BCUT2D eigenvalue weighted by Crippen LogP contribution is 2.30. The Bertz CT molecular complexity index is 4290. The number of nitrogens with zero attached hydrogens (tertiary/aromatic N) is 3. The molecular weight excluding hydrogens is 1770 g/mol. The minimum absolute atomic E-state index is 0.00820. The second kappa shape index (κ2) is 55.5. The number of carboxylic acid groups (broad SMARTS) is 1. The van der Waals surface area contributed by atoms with Crippen LogP contribution >= 0.6 is 0 Å². The highest BCUT2D eigenvalue weighted by molar-refractivity contribution is 5.96. The van der Waals surface area contributed by atoms with Crippen molar-refractivity contribution >= 4 is 102 Å². The maximum Gasteiger partial charge on any atom is 0.471 e. The fourth-order valence-corrected chi connectivity index (χ4v) is 13.8. The van der Waals surface area contributed by atoms with Gasteiger partial charge in [0, 0.05) is 19.1 Å². The van der Waals surface area contributed by atoms with E-state index < -0.39 is 174 Å². The third kappa shape index (κ3) is 40.0. The average molecular weight is 1890 g/mol. The smallest absolute Gasteiger partial charge is 0.471 e. The van der Waals surface area contributed by atoms with Crippen molar-refractivity contribution in [3.8, 4) is 0 Å². The van der Waals surface area contributed by atoms with Gasteiger partial charge >= 0.3 is 90.4 Å². The van der Waals surface area contributed by atoms with Crippen molar-refractivity contribution in [2.24, 2.45) is 0 Å². The SMILES string of the molecule is CC(C)(C)OC(=O)N[C@@H](CNC(=O)OCc1ccccc1)C(=O)O.COC(=O)[C@@H]1CCC[C@@H]2CNC[C@H](NC(=O)C(F)(F)F)C(=O)N21.COC(=O)[C@@H]1CCC[C@H](C(=O)OC)N1.COC(=O)[C@@H]1CCC[C@H](CO)N1C(=O)[C@H](CNC(=O)OCc1ccccc1)NC(=O)OC(C)(C)C.COC(=O)[C@H]1CCC[C@@H](C(=O)OC)N1C(=O)[C@H](CNC(=O)OCc1ccccc1)NC(=O)OC(C)(C)C. The molecule has 0 aromatic heterocycles. The average Bonchev–Trinajstić information content (AvgIpc) is 1.77. The summed E-state index contributed by atoms with van der Waals surface area (Å²) in [4.78, 5) is 210. The van der Waals surface area contributed by atoms with Gasteiger partial charge in [0.1, 0.15) is 97.0 Å². The maximum absolute atomic E-state index is 13.7. The van der Waals surface area contributed by atoms with E-state index in [0.717, 1.165) is 28.0 Å². The van der Waals surface area contributed by atoms with Crippen LogP contribution in [0.3, 0.4) is 0 Å². The van der Waals surface area contributed by atoms with E-state index in [2.05, 4.69) is 56.7 Å². The molecule has 5 saturated heterocycles. The number of halogens is 3. The third-order valence-corrected chi connectivity index (χ3v) is 19.9. The van der Waals surface area contributed by atoms with Gasteiger partial charge in [-0.15, -0.1) is 0 Å². The Hall–Kier alpha value is -12.9. The highest BCUT2D eigenvalue weighted by Gasteiger charge is 2.49. The van der Waals surface area contributed by atoms with Crippen LogP contribution in [0.1, 0.15) is 156 Å². The number of amides is 10. The molecule has 43 nitrogen and oxygen atoms in total. The van der Waals surface area contributed by atoms with E-state index in [-0.39, 0.29) is 89.0 Å². The number of methoxy groups -OCH3 is 6. The molecule has 10 amide bonds. The number of carbonyl (C=O) groups excluding carboxylic acids is 16. The van der Waals surface area contributed by atoms with Crippen LogP contribution in [0.5, 0.6) is 0 Å². The van der Waals surface area contributed by atoms with Crippen LogP contribution in [-0.2, 0) is 129 Å². The lowest BCUT2D eigenvalue weighted by Crippen LogP contribution is -2.63. The van der Waals surface area contributed by atoms with Crippen LogP contribution in [0.25, 0.3) is 0 Å². The number of esters is 6. The van der Waals surface area contributed by atoms with Crippen LogP contribution in [0.15, 0.2) is 91.0 Å². The Kier molecular flexibility index (Phi) is 46.9. The largest absolute Gasteiger partial charge is 0.480 e. The predicted molar refractivity (Wildman–Crippen MR) is 460 cm³/mol. The summed E-state index contributed by atoms with van der Waals surface area (Å²) in [5.41, 5.74) is -0.111. The highest BCUT2D eigenvalue weighted by atomic mass is 19.4. The Balaban J connectivity index is 0.000000359. The summed E-state index contributed by atoms with van der Waals surface area (Å²) >= 11 is 0. The molecular formula is C87H125F3N12O31. The second-order valence-corrected chi connectivity index (χ2v) is 33.4. The zero-order chi connectivity index (χ0) is 99.5. The first kappa shape index (κ1) is 112. The van der Waals surface area contributed by atoms with Crippen LogP contribution in [-0.4, -0.2) is 304 Å². The van der Waals surface area contributed by atoms with E-state index in [4.69, 9.17) is 47.7 Å². The number of carbonyl (C=O) groups is 17. The molecule has 0 aliphatic carbocycles. The maximum atomic E-state index is 13.7. The number of alkyl halides is 3. The van der Waals surface area contributed by atoms with Crippen molar-refractivity contribution in [1.82, 2.24) is 62.6 Å². The number of carboxylic acids is 1. The molecule has 8 rings (SSSR count). The van der Waals surface area contributed by atoms with E-state index in [1.807, 2.05) is 42.5 Å². The molecule has 0 radical (unpaired) electrons. The van der Waals surface area contributed by atoms with Crippen molar-refractivity contribution in [3.63, 3.8) is 0 Å². The standard InChI is InChI=1S/C25H35N3O9.C24H35N3O8.C16H22N2O6.C13H18F3N3O4.C9H15NO4/c1-25(2,3)37-24(33)27-17(14-26-23(32)36-15-16-10-7-6-8-11-16)20(29)28-18(21(30)34-4)12-9-13-19(28)22(31)35-5;1-24(2,3)35-23(32)26-18(13-25-22(31)34-15-16-9-6-5-7-10-16)20(29)27-17(14-28)11-8-12-19(27)21(30)33-4;1-16(2,3)24-15(22)18-12(13(19)20)9-17-14(21)23-10-11-7-5-4-6-8-11;1-23-11(21)9-4-2-3-7-5-17-6-8(10(20)19(7)9)18-12(22)13(14,15)16;1-13-8(11)6-4-3-5-7(10-6)9(12)14-2/h6-8,10-11,17-19H,9,12-15H2,1-5H3,(H,26,32)(H,27,33);5-7,9-10,17-19,28H,8,11-15H2,1-4H3,(H,25,31)(H,26,32);4-8,12H,9-10H2,1-3H3,(H,17,21)(H,18,22)(H,19,20);7-9,17H,2-6H2,1H3,(H,18,22);6-7,10H,3-5H2,1-2H3/t17-,18-,19+;17-,18+,19+;12-;7-,8+,9+;6-,7+/m0101./s1. The molecule has 3 aromatic carbocycles. The van der Waals surface area contributed by atoms with Gasteiger partial charge < -0.3 is 124 Å². The molecule has 3 aromatic rings. The van der Waals surface area contributed by atoms with Crippen molar-refractivity contribution in [2.45, 2.75) is 255 Å². The third-order valence-electron chi connectivity index (χ3n) is 19.9. The fourth-order valence-electron chi connectivity index (χ4n) is 13.8. The lowest BCUT2D eigenvalue weighted by Gasteiger charge is -2.41. The van der Waals surface area contributed by atoms with Gasteiger partial charge in [0.25, 0.3) is 0 Å². The van der Waals surface area contributed by atoms with Crippen LogP contribution < -0.4 is 47.9 Å². The van der Waals surface area contributed by atoms with Crippen LogP contribution in [0.2, 0.25) is 0 Å². The van der Waals surface area contributed by atoms with Crippen molar-refractivity contribution < 1.29 is 162 Å². The number of rotatable bonds is 26. The molecule has 0 saturated carbocycles. The minimum atomic E-state index is -5.07. The Morgan fingerprint density at radius 1 is 0.421 bits per heavy atom. The van der Waals surface area contributed by atoms with Gasteiger partial charge in [-0.25, -0.2) is 52.7 Å². The summed E-state index contributed by atoms with van der Waals surface area (Å²) in [5, 5.41) is 40.7. The number of aliphatic hydroxyl groups excluding tert-OH is 1. The van der Waals surface area contributed by atoms with Crippen LogP contribution in [0, 0.1) is 0 Å². The molecule has 46 heteroatoms. The van der Waals surface area contributed by atoms with Crippen molar-refractivity contribution in [1.29, 1.82) is 0 Å². The number of likely N-dealkylation sites (tertiary alicyclic amines) is 2. The van der Waals surface area contributed by atoms with E-state index in [1.165, 1.54) is 52.5 Å². The van der Waals surface area contributed by atoms with E-state index >= 15 is 0 Å². The zero-order valence-electron chi connectivity index (χ0n) is 77.1. The number of alkyl carbamates (subject to hydrolysis) is 6. The molecule has 0 unspecified atom stereocenters. The van der Waals surface area contributed by atoms with Gasteiger partial charge in [0.05, 0.1) is 74.9 Å². The van der Waals surface area contributed by atoms with Crippen molar-refractivity contribution in [2.75, 3.05) is 82.0 Å². The Morgan fingerprint density at radius 2 is 0.744 bits per heavy atom. The molecule has 5 heterocycles. The number of nitrogens with one attached hydrogen (secondary N) is 9. The molecule has 12 atom stereocenters. The van der Waals surface area contributed by atoms with E-state index in [0.29, 0.717) is 64.3 Å². The summed E-state index contributed by atoms with van der Waals surface area (Å²) in [6.45, 7) is 13.8. The van der Waals surface area contributed by atoms with Gasteiger partial charge in [-0.2, -0.15) is 13.2 Å². The molecule has 0 bridgehead atoms. The lowest BCUT2D eigenvalue weighted by atomic mass is 9.94. The molecule has 740 valence electrons. The number of aliphatic hydroxyl groups is 1. The molecule has 0 spiro atoms. The Labute approximate surface area is 767 Å². The minimum Gasteiger partial charge on any atom is -0.480 e. The normalized spacial score (nSPS) is 19.9. The molecule has 5 fully saturated rings. The van der Waals surface area contributed by atoms with Crippen molar-refractivity contribution in [3.05, 3.63) is 108 Å². The summed E-state index contributed by atoms with van der Waals surface area (Å²) in [6.07, 6.45) is -3.80. The summed E-state index contributed by atoms with van der Waals surface area (Å²) < 4.78 is 96.4. The monoisotopic (exact) mass is 1890 g/mol. The Morgan fingerprint density at radius 3 is 1.10 bits per heavy atom. The topological polar surface area (TPSA) is 559 Å². The second-order valence-electron chi connectivity index (χ2n) is 33.4. The number of hydrogen-bond acceptors (Lipinski definition) is 32. The first-order valence-electron chi connectivity index (χ1n) is 42.6. The number of hydrogen-bond donors (Lipinski definition) is 11. The number of piperidine rings is 4. The van der Waals surface area contributed by atoms with Gasteiger partial charge in [0.2, 0.25) is 17.7 Å². The molecule has 133 heavy (non-hydrogen) atoms. The first-order valence-corrected chi connectivity index (χ1v) is 42.6. The fraction of sp³-hybridized carbons (Fsp3) is 0.598. The van der Waals surface area contributed by atoms with Gasteiger partial charge in [-0.05, 0) is 156 Å². The summed E-state index contributed by atoms with van der Waals surface area (Å²) in [5.74, 6) is -8.93. The number of ether oxygens (including phenoxy) is 12.